The Balaban J connectivity index is 1.51. The van der Waals surface area contributed by atoms with Crippen molar-refractivity contribution in [2.75, 3.05) is 29.5 Å². The maximum absolute atomic E-state index is 12.3. The van der Waals surface area contributed by atoms with Crippen molar-refractivity contribution in [3.63, 3.8) is 0 Å². The smallest absolute Gasteiger partial charge is 0.321 e. The quantitative estimate of drug-likeness (QED) is 0.447. The topological polar surface area (TPSA) is 112 Å². The number of amides is 3. The van der Waals surface area contributed by atoms with Crippen LogP contribution in [0.15, 0.2) is 4.34 Å². The molecule has 12 heteroatoms. The normalized spacial score (nSPS) is 14.0. The first kappa shape index (κ1) is 21.0. The number of aromatic nitrogens is 3. The predicted molar refractivity (Wildman–Crippen MR) is 113 cm³/mol. The highest BCUT2D eigenvalue weighted by Crippen LogP contribution is 2.28. The van der Waals surface area contributed by atoms with Crippen molar-refractivity contribution in [1.82, 2.24) is 25.4 Å². The third-order valence-corrected chi connectivity index (χ3v) is 6.59. The van der Waals surface area contributed by atoms with Crippen LogP contribution in [0.4, 0.5) is 15.1 Å². The Hall–Kier alpha value is -1.76. The molecule has 0 radical (unpaired) electrons. The Morgan fingerprint density at radius 1 is 1.21 bits per heavy atom. The van der Waals surface area contributed by atoms with E-state index in [0.717, 1.165) is 33.6 Å². The molecule has 0 unspecified atom stereocenters. The van der Waals surface area contributed by atoms with Crippen LogP contribution in [-0.2, 0) is 17.8 Å². The number of hydrogen-bond acceptors (Lipinski definition) is 9. The number of urea groups is 1. The van der Waals surface area contributed by atoms with Gasteiger partial charge in [0.1, 0.15) is 0 Å². The average Bonchev–Trinajstić information content (AvgIpc) is 3.20. The fourth-order valence-corrected chi connectivity index (χ4v) is 5.35. The molecule has 2 aromatic rings. The molecule has 1 aliphatic heterocycles. The van der Waals surface area contributed by atoms with E-state index in [1.165, 1.54) is 22.7 Å². The summed E-state index contributed by atoms with van der Waals surface area (Å²) in [6.45, 7) is 7.52. The third-order valence-electron chi connectivity index (χ3n) is 3.74. The number of hydrogen-bond donors (Lipinski definition) is 3. The van der Waals surface area contributed by atoms with Gasteiger partial charge in [0, 0.05) is 30.4 Å². The summed E-state index contributed by atoms with van der Waals surface area (Å²) in [6.07, 6.45) is 0.753. The lowest BCUT2D eigenvalue weighted by Crippen LogP contribution is -2.36. The number of thioether (sulfide) groups is 1. The molecule has 0 aliphatic carbocycles. The van der Waals surface area contributed by atoms with Gasteiger partial charge in [-0.15, -0.1) is 21.5 Å². The molecule has 0 spiro atoms. The van der Waals surface area contributed by atoms with Crippen LogP contribution in [0.25, 0.3) is 0 Å². The van der Waals surface area contributed by atoms with E-state index in [2.05, 4.69) is 36.0 Å². The first-order chi connectivity index (χ1) is 13.4. The second-order valence-electron chi connectivity index (χ2n) is 6.46. The third kappa shape index (κ3) is 5.87. The SMILES string of the molecule is CCSc1nnc(NC(=O)CN2CCc3nc(NC(=O)NC(C)C)sc3C2)s1. The minimum Gasteiger partial charge on any atom is -0.336 e. The van der Waals surface area contributed by atoms with Crippen LogP contribution in [0, 0.1) is 0 Å². The zero-order valence-corrected chi connectivity index (χ0v) is 18.4. The van der Waals surface area contributed by atoms with E-state index in [9.17, 15) is 9.59 Å². The summed E-state index contributed by atoms with van der Waals surface area (Å²) < 4.78 is 0.853. The lowest BCUT2D eigenvalue weighted by Gasteiger charge is -2.24. The van der Waals surface area contributed by atoms with Gasteiger partial charge < -0.3 is 5.32 Å². The van der Waals surface area contributed by atoms with E-state index in [0.29, 0.717) is 16.8 Å². The lowest BCUT2D eigenvalue weighted by molar-refractivity contribution is -0.117. The molecule has 3 N–H and O–H groups in total. The summed E-state index contributed by atoms with van der Waals surface area (Å²) in [5, 5.41) is 17.5. The number of nitrogens with zero attached hydrogens (tertiary/aromatic N) is 4. The molecule has 1 aliphatic rings. The van der Waals surface area contributed by atoms with Crippen LogP contribution in [-0.4, -0.2) is 56.9 Å². The van der Waals surface area contributed by atoms with E-state index in [4.69, 9.17) is 0 Å². The second kappa shape index (κ2) is 9.63. The highest BCUT2D eigenvalue weighted by Gasteiger charge is 2.23. The van der Waals surface area contributed by atoms with Gasteiger partial charge >= 0.3 is 6.03 Å². The van der Waals surface area contributed by atoms with Gasteiger partial charge in [0.2, 0.25) is 11.0 Å². The van der Waals surface area contributed by atoms with Crippen LogP contribution in [0.1, 0.15) is 31.3 Å². The van der Waals surface area contributed by atoms with Crippen molar-refractivity contribution < 1.29 is 9.59 Å². The van der Waals surface area contributed by atoms with Crippen LogP contribution in [0.3, 0.4) is 0 Å². The minimum atomic E-state index is -0.255. The molecule has 0 aromatic carbocycles. The minimum absolute atomic E-state index is 0.0632. The Kier molecular flexibility index (Phi) is 7.21. The summed E-state index contributed by atoms with van der Waals surface area (Å²) >= 11 is 4.44. The highest BCUT2D eigenvalue weighted by atomic mass is 32.2. The zero-order chi connectivity index (χ0) is 20.1. The Morgan fingerprint density at radius 3 is 2.79 bits per heavy atom. The number of nitrogens with one attached hydrogen (secondary N) is 3. The van der Waals surface area contributed by atoms with Crippen LogP contribution in [0.2, 0.25) is 0 Å². The molecule has 3 rings (SSSR count). The molecule has 0 saturated carbocycles. The number of rotatable bonds is 7. The lowest BCUT2D eigenvalue weighted by atomic mass is 10.2. The van der Waals surface area contributed by atoms with Gasteiger partial charge in [-0.2, -0.15) is 0 Å². The van der Waals surface area contributed by atoms with E-state index in [1.54, 1.807) is 11.8 Å². The summed E-state index contributed by atoms with van der Waals surface area (Å²) in [4.78, 5) is 31.8. The maximum Gasteiger partial charge on any atom is 0.321 e. The zero-order valence-electron chi connectivity index (χ0n) is 15.9. The molecule has 3 heterocycles. The van der Waals surface area contributed by atoms with Crippen LogP contribution in [0.5, 0.6) is 0 Å². The first-order valence-electron chi connectivity index (χ1n) is 8.97. The van der Waals surface area contributed by atoms with Gasteiger partial charge in [-0.25, -0.2) is 9.78 Å². The molecule has 28 heavy (non-hydrogen) atoms. The monoisotopic (exact) mass is 441 g/mol. The van der Waals surface area contributed by atoms with Crippen molar-refractivity contribution in [2.45, 2.75) is 44.1 Å². The predicted octanol–water partition coefficient (Wildman–Crippen LogP) is 2.63. The van der Waals surface area contributed by atoms with E-state index >= 15 is 0 Å². The van der Waals surface area contributed by atoms with Gasteiger partial charge in [-0.1, -0.05) is 30.0 Å². The van der Waals surface area contributed by atoms with Crippen LogP contribution < -0.4 is 16.0 Å². The van der Waals surface area contributed by atoms with E-state index in [1.807, 2.05) is 20.8 Å². The molecular formula is C16H23N7O2S3. The largest absolute Gasteiger partial charge is 0.336 e. The molecule has 0 atom stereocenters. The molecular weight excluding hydrogens is 418 g/mol. The van der Waals surface area contributed by atoms with Crippen molar-refractivity contribution in [1.29, 1.82) is 0 Å². The molecule has 2 aromatic heterocycles. The van der Waals surface area contributed by atoms with Gasteiger partial charge in [0.25, 0.3) is 0 Å². The fraction of sp³-hybridized carbons (Fsp3) is 0.562. The van der Waals surface area contributed by atoms with Crippen molar-refractivity contribution in [2.24, 2.45) is 0 Å². The number of fused-ring (bicyclic) bond motifs is 1. The van der Waals surface area contributed by atoms with Crippen LogP contribution >= 0.6 is 34.4 Å². The Morgan fingerprint density at radius 2 is 2.04 bits per heavy atom. The summed E-state index contributed by atoms with van der Waals surface area (Å²) in [7, 11) is 0. The van der Waals surface area contributed by atoms with E-state index in [-0.39, 0.29) is 24.5 Å². The van der Waals surface area contributed by atoms with E-state index < -0.39 is 0 Å². The molecule has 3 amide bonds. The number of carbonyl (C=O) groups is 2. The Labute approximate surface area is 175 Å². The Bertz CT molecular complexity index is 836. The van der Waals surface area contributed by atoms with Crippen molar-refractivity contribution in [3.8, 4) is 0 Å². The first-order valence-corrected chi connectivity index (χ1v) is 11.6. The van der Waals surface area contributed by atoms with Crippen molar-refractivity contribution in [3.05, 3.63) is 10.6 Å². The van der Waals surface area contributed by atoms with Gasteiger partial charge in [0.05, 0.1) is 12.2 Å². The molecule has 152 valence electrons. The van der Waals surface area contributed by atoms with Gasteiger partial charge in [-0.05, 0) is 19.6 Å². The molecule has 9 nitrogen and oxygen atoms in total. The van der Waals surface area contributed by atoms with Gasteiger partial charge in [-0.3, -0.25) is 20.3 Å². The second-order valence-corrected chi connectivity index (χ2v) is 10.0. The molecule has 0 fully saturated rings. The number of anilines is 2. The average molecular weight is 442 g/mol. The summed E-state index contributed by atoms with van der Waals surface area (Å²) in [5.74, 6) is 0.815. The summed E-state index contributed by atoms with van der Waals surface area (Å²) in [5.41, 5.74) is 0.992. The molecule has 0 bridgehead atoms. The standard InChI is InChI=1S/C16H23N7O2S3/c1-4-26-16-22-21-15(28-16)19-12(24)8-23-6-5-10-11(7-23)27-14(18-10)20-13(25)17-9(2)3/h9H,4-8H2,1-3H3,(H,19,21,24)(H2,17,18,20,25). The fourth-order valence-electron chi connectivity index (χ4n) is 2.64. The molecule has 0 saturated heterocycles. The van der Waals surface area contributed by atoms with Gasteiger partial charge in [0.15, 0.2) is 9.47 Å². The maximum atomic E-state index is 12.3. The summed E-state index contributed by atoms with van der Waals surface area (Å²) in [6, 6.07) is -0.191. The number of thiazole rings is 1. The highest BCUT2D eigenvalue weighted by molar-refractivity contribution is 8.01. The van der Waals surface area contributed by atoms with Crippen molar-refractivity contribution >= 4 is 56.6 Å². The number of carbonyl (C=O) groups excluding carboxylic acids is 2.